The molecule has 1 atom stereocenters. The van der Waals surface area contributed by atoms with Gasteiger partial charge in [-0.3, -0.25) is 4.79 Å². The molecule has 4 rings (SSSR count). The number of para-hydroxylation sites is 1. The molecule has 0 fully saturated rings. The highest BCUT2D eigenvalue weighted by atomic mass is 16.1. The van der Waals surface area contributed by atoms with Crippen molar-refractivity contribution in [2.75, 3.05) is 18.0 Å². The van der Waals surface area contributed by atoms with E-state index in [-0.39, 0.29) is 5.91 Å². The lowest BCUT2D eigenvalue weighted by Gasteiger charge is -2.36. The van der Waals surface area contributed by atoms with Gasteiger partial charge >= 0.3 is 0 Å². The predicted octanol–water partition coefficient (Wildman–Crippen LogP) is 4.97. The van der Waals surface area contributed by atoms with Gasteiger partial charge in [0.25, 0.3) is 0 Å². The Kier molecular flexibility index (Phi) is 5.24. The van der Waals surface area contributed by atoms with Crippen molar-refractivity contribution in [3.63, 3.8) is 0 Å². The molecule has 1 amide bonds. The maximum absolute atomic E-state index is 11.6. The minimum absolute atomic E-state index is 0.113. The van der Waals surface area contributed by atoms with Crippen LogP contribution in [0, 0.1) is 5.92 Å². The number of carbonyl (C=O) groups is 1. The van der Waals surface area contributed by atoms with E-state index in [9.17, 15) is 4.79 Å². The SMILES string of the molecule is C=CC(=O)NCC1Cc2ccccc2N(c2ccc(-c3ccccc3)cc2)C1. The number of rotatable bonds is 5. The Hall–Kier alpha value is -3.33. The molecule has 140 valence electrons. The van der Waals surface area contributed by atoms with E-state index in [1.54, 1.807) is 0 Å². The van der Waals surface area contributed by atoms with Crippen molar-refractivity contribution in [3.05, 3.63) is 97.1 Å². The van der Waals surface area contributed by atoms with Crippen LogP contribution in [0.4, 0.5) is 11.4 Å². The number of hydrogen-bond acceptors (Lipinski definition) is 2. The Morgan fingerprint density at radius 1 is 0.964 bits per heavy atom. The molecule has 0 saturated carbocycles. The molecule has 0 saturated heterocycles. The predicted molar refractivity (Wildman–Crippen MR) is 116 cm³/mol. The highest BCUT2D eigenvalue weighted by molar-refractivity contribution is 5.86. The van der Waals surface area contributed by atoms with E-state index in [0.29, 0.717) is 12.5 Å². The molecule has 1 heterocycles. The summed E-state index contributed by atoms with van der Waals surface area (Å²) in [7, 11) is 0. The number of benzene rings is 3. The Balaban J connectivity index is 1.60. The summed E-state index contributed by atoms with van der Waals surface area (Å²) in [5.74, 6) is 0.241. The third kappa shape index (κ3) is 3.84. The summed E-state index contributed by atoms with van der Waals surface area (Å²) < 4.78 is 0. The fraction of sp³-hybridized carbons (Fsp3) is 0.160. The number of nitrogens with zero attached hydrogens (tertiary/aromatic N) is 1. The molecule has 3 aromatic rings. The quantitative estimate of drug-likeness (QED) is 0.645. The first-order valence-electron chi connectivity index (χ1n) is 9.66. The maximum Gasteiger partial charge on any atom is 0.243 e. The third-order valence-electron chi connectivity index (χ3n) is 5.27. The van der Waals surface area contributed by atoms with Gasteiger partial charge in [-0.25, -0.2) is 0 Å². The minimum Gasteiger partial charge on any atom is -0.352 e. The zero-order valence-corrected chi connectivity index (χ0v) is 15.8. The molecule has 0 aromatic heterocycles. The fourth-order valence-electron chi connectivity index (χ4n) is 3.84. The summed E-state index contributed by atoms with van der Waals surface area (Å²) in [6.07, 6.45) is 2.29. The van der Waals surface area contributed by atoms with E-state index in [0.717, 1.165) is 13.0 Å². The smallest absolute Gasteiger partial charge is 0.243 e. The van der Waals surface area contributed by atoms with Gasteiger partial charge in [-0.15, -0.1) is 0 Å². The Labute approximate surface area is 166 Å². The van der Waals surface area contributed by atoms with E-state index < -0.39 is 0 Å². The van der Waals surface area contributed by atoms with E-state index in [1.165, 1.54) is 34.1 Å². The zero-order valence-electron chi connectivity index (χ0n) is 15.8. The highest BCUT2D eigenvalue weighted by Gasteiger charge is 2.25. The van der Waals surface area contributed by atoms with E-state index >= 15 is 0 Å². The number of carbonyl (C=O) groups excluding carboxylic acids is 1. The Morgan fingerprint density at radius 3 is 2.39 bits per heavy atom. The molecule has 1 N–H and O–H groups in total. The number of amides is 1. The summed E-state index contributed by atoms with van der Waals surface area (Å²) >= 11 is 0. The molecule has 3 heteroatoms. The molecule has 3 aromatic carbocycles. The lowest BCUT2D eigenvalue weighted by molar-refractivity contribution is -0.116. The molecular weight excluding hydrogens is 344 g/mol. The number of anilines is 2. The summed E-state index contributed by atoms with van der Waals surface area (Å²) in [5, 5.41) is 2.95. The van der Waals surface area contributed by atoms with Crippen molar-refractivity contribution in [2.24, 2.45) is 5.92 Å². The molecule has 28 heavy (non-hydrogen) atoms. The van der Waals surface area contributed by atoms with Crippen LogP contribution in [-0.4, -0.2) is 19.0 Å². The number of fused-ring (bicyclic) bond motifs is 1. The van der Waals surface area contributed by atoms with Crippen LogP contribution in [0.15, 0.2) is 91.5 Å². The van der Waals surface area contributed by atoms with E-state index in [2.05, 4.69) is 89.6 Å². The Morgan fingerprint density at radius 2 is 1.64 bits per heavy atom. The fourth-order valence-corrected chi connectivity index (χ4v) is 3.84. The van der Waals surface area contributed by atoms with Crippen LogP contribution in [0.3, 0.4) is 0 Å². The minimum atomic E-state index is -0.113. The molecule has 0 aliphatic carbocycles. The van der Waals surface area contributed by atoms with Gasteiger partial charge in [0.15, 0.2) is 0 Å². The first kappa shape index (κ1) is 18.1. The molecule has 0 radical (unpaired) electrons. The van der Waals surface area contributed by atoms with Gasteiger partial charge in [0, 0.05) is 24.5 Å². The average molecular weight is 368 g/mol. The standard InChI is InChI=1S/C25H24N2O/c1-2-25(28)26-17-19-16-22-10-6-7-11-24(22)27(18-19)23-14-12-21(13-15-23)20-8-4-3-5-9-20/h2-15,19H,1,16-18H2,(H,26,28). The third-order valence-corrected chi connectivity index (χ3v) is 5.27. The van der Waals surface area contributed by atoms with Gasteiger partial charge in [0.2, 0.25) is 5.91 Å². The zero-order chi connectivity index (χ0) is 19.3. The monoisotopic (exact) mass is 368 g/mol. The first-order chi connectivity index (χ1) is 13.7. The summed E-state index contributed by atoms with van der Waals surface area (Å²) in [4.78, 5) is 13.9. The second-order valence-corrected chi connectivity index (χ2v) is 7.17. The van der Waals surface area contributed by atoms with Gasteiger partial charge < -0.3 is 10.2 Å². The Bertz CT molecular complexity index is 963. The first-order valence-corrected chi connectivity index (χ1v) is 9.66. The number of hydrogen-bond donors (Lipinski definition) is 1. The van der Waals surface area contributed by atoms with Gasteiger partial charge in [-0.05, 0) is 53.3 Å². The average Bonchev–Trinajstić information content (AvgIpc) is 2.77. The van der Waals surface area contributed by atoms with Crippen LogP contribution in [-0.2, 0) is 11.2 Å². The van der Waals surface area contributed by atoms with Crippen molar-refractivity contribution < 1.29 is 4.79 Å². The van der Waals surface area contributed by atoms with Crippen molar-refractivity contribution in [1.29, 1.82) is 0 Å². The molecule has 0 spiro atoms. The van der Waals surface area contributed by atoms with Crippen molar-refractivity contribution >= 4 is 17.3 Å². The van der Waals surface area contributed by atoms with Crippen LogP contribution >= 0.6 is 0 Å². The van der Waals surface area contributed by atoms with E-state index in [1.807, 2.05) is 6.07 Å². The molecule has 1 aliphatic rings. The van der Waals surface area contributed by atoms with Crippen LogP contribution in [0.25, 0.3) is 11.1 Å². The van der Waals surface area contributed by atoms with Gasteiger partial charge in [-0.2, -0.15) is 0 Å². The molecule has 0 bridgehead atoms. The van der Waals surface area contributed by atoms with Gasteiger partial charge in [0.1, 0.15) is 0 Å². The molecule has 1 unspecified atom stereocenters. The van der Waals surface area contributed by atoms with Crippen molar-refractivity contribution in [1.82, 2.24) is 5.32 Å². The summed E-state index contributed by atoms with van der Waals surface area (Å²) in [6, 6.07) is 27.7. The topological polar surface area (TPSA) is 32.3 Å². The van der Waals surface area contributed by atoms with E-state index in [4.69, 9.17) is 0 Å². The maximum atomic E-state index is 11.6. The molecular formula is C25H24N2O. The van der Waals surface area contributed by atoms with Crippen LogP contribution in [0.2, 0.25) is 0 Å². The van der Waals surface area contributed by atoms with Gasteiger partial charge in [-0.1, -0.05) is 67.2 Å². The van der Waals surface area contributed by atoms with Gasteiger partial charge in [0.05, 0.1) is 0 Å². The van der Waals surface area contributed by atoms with Crippen molar-refractivity contribution in [3.8, 4) is 11.1 Å². The molecule has 3 nitrogen and oxygen atoms in total. The lowest BCUT2D eigenvalue weighted by atomic mass is 9.91. The molecule has 1 aliphatic heterocycles. The second-order valence-electron chi connectivity index (χ2n) is 7.17. The normalized spacial score (nSPS) is 15.6. The van der Waals surface area contributed by atoms with Crippen molar-refractivity contribution in [2.45, 2.75) is 6.42 Å². The number of nitrogens with one attached hydrogen (secondary N) is 1. The highest BCUT2D eigenvalue weighted by Crippen LogP contribution is 2.36. The summed E-state index contributed by atoms with van der Waals surface area (Å²) in [5.41, 5.74) is 6.18. The lowest BCUT2D eigenvalue weighted by Crippen LogP contribution is -2.38. The largest absolute Gasteiger partial charge is 0.352 e. The van der Waals surface area contributed by atoms with Crippen LogP contribution < -0.4 is 10.2 Å². The van der Waals surface area contributed by atoms with Crippen LogP contribution in [0.5, 0.6) is 0 Å². The second kappa shape index (κ2) is 8.13. The van der Waals surface area contributed by atoms with Crippen LogP contribution in [0.1, 0.15) is 5.56 Å². The summed E-state index contributed by atoms with van der Waals surface area (Å²) in [6.45, 7) is 5.06.